The van der Waals surface area contributed by atoms with E-state index in [0.29, 0.717) is 6.61 Å². The molecule has 2 rings (SSSR count). The molecule has 1 saturated heterocycles. The van der Waals surface area contributed by atoms with Crippen LogP contribution in [0.2, 0.25) is 0 Å². The van der Waals surface area contributed by atoms with Gasteiger partial charge in [-0.1, -0.05) is 0 Å². The lowest BCUT2D eigenvalue weighted by Gasteiger charge is -2.42. The van der Waals surface area contributed by atoms with Crippen molar-refractivity contribution in [3.8, 4) is 0 Å². The topological polar surface area (TPSA) is 74.3 Å². The third kappa shape index (κ3) is 3.33. The van der Waals surface area contributed by atoms with E-state index < -0.39 is 0 Å². The van der Waals surface area contributed by atoms with Crippen molar-refractivity contribution in [3.63, 3.8) is 0 Å². The van der Waals surface area contributed by atoms with Crippen molar-refractivity contribution >= 4 is 0 Å². The van der Waals surface area contributed by atoms with Gasteiger partial charge in [0.2, 0.25) is 0 Å². The second kappa shape index (κ2) is 6.47. The highest BCUT2D eigenvalue weighted by atomic mass is 16.5. The smallest absolute Gasteiger partial charge is 0.0895 e. The third-order valence-corrected chi connectivity index (χ3v) is 3.81. The zero-order valence-electron chi connectivity index (χ0n) is 11.8. The third-order valence-electron chi connectivity index (χ3n) is 3.81. The highest BCUT2D eigenvalue weighted by Gasteiger charge is 2.40. The van der Waals surface area contributed by atoms with Crippen LogP contribution in [-0.4, -0.2) is 41.2 Å². The number of hydrazine groups is 1. The minimum Gasteiger partial charge on any atom is -0.381 e. The average Bonchev–Trinajstić information content (AvgIpc) is 2.83. The van der Waals surface area contributed by atoms with Gasteiger partial charge in [0, 0.05) is 45.9 Å². The summed E-state index contributed by atoms with van der Waals surface area (Å²) in [6, 6.07) is 0.0700. The quantitative estimate of drug-likeness (QED) is 0.576. The number of rotatable bonds is 6. The number of aromatic nitrogens is 2. The number of nitrogens with zero attached hydrogens (tertiary/aromatic N) is 2. The molecule has 1 fully saturated rings. The maximum Gasteiger partial charge on any atom is 0.0895 e. The first-order valence-corrected chi connectivity index (χ1v) is 6.85. The van der Waals surface area contributed by atoms with Crippen LogP contribution in [0.1, 0.15) is 25.3 Å². The van der Waals surface area contributed by atoms with Crippen LogP contribution in [0.15, 0.2) is 12.4 Å². The van der Waals surface area contributed by atoms with Crippen molar-refractivity contribution in [3.05, 3.63) is 18.0 Å². The second-order valence-corrected chi connectivity index (χ2v) is 5.06. The molecule has 6 heteroatoms. The molecule has 108 valence electrons. The summed E-state index contributed by atoms with van der Waals surface area (Å²) in [4.78, 5) is 0. The SMILES string of the molecule is CCOC1(C(Cc2cnn(C)c2)NN)CCOCC1. The summed E-state index contributed by atoms with van der Waals surface area (Å²) in [7, 11) is 1.92. The zero-order chi connectivity index (χ0) is 13.7. The predicted molar refractivity (Wildman–Crippen MR) is 72.4 cm³/mol. The summed E-state index contributed by atoms with van der Waals surface area (Å²) >= 11 is 0. The van der Waals surface area contributed by atoms with E-state index in [-0.39, 0.29) is 11.6 Å². The largest absolute Gasteiger partial charge is 0.381 e. The standard InChI is InChI=1S/C13H24N4O2/c1-3-19-13(4-6-18-7-5-13)12(16-14)8-11-9-15-17(2)10-11/h9-10,12,16H,3-8,14H2,1-2H3. The van der Waals surface area contributed by atoms with Crippen molar-refractivity contribution < 1.29 is 9.47 Å². The fourth-order valence-electron chi connectivity index (χ4n) is 2.81. The molecule has 0 radical (unpaired) electrons. The number of hydrogen-bond acceptors (Lipinski definition) is 5. The van der Waals surface area contributed by atoms with Crippen LogP contribution in [-0.2, 0) is 22.9 Å². The lowest BCUT2D eigenvalue weighted by Crippen LogP contribution is -2.58. The molecule has 1 aromatic heterocycles. The van der Waals surface area contributed by atoms with E-state index in [4.69, 9.17) is 15.3 Å². The van der Waals surface area contributed by atoms with Gasteiger partial charge >= 0.3 is 0 Å². The number of nitrogens with two attached hydrogens (primary N) is 1. The van der Waals surface area contributed by atoms with E-state index in [1.807, 2.05) is 26.4 Å². The molecule has 0 aliphatic carbocycles. The lowest BCUT2D eigenvalue weighted by atomic mass is 9.83. The predicted octanol–water partition coefficient (Wildman–Crippen LogP) is 0.380. The molecular formula is C13H24N4O2. The van der Waals surface area contributed by atoms with Crippen molar-refractivity contribution in [2.45, 2.75) is 37.8 Å². The summed E-state index contributed by atoms with van der Waals surface area (Å²) < 4.78 is 13.3. The molecule has 3 N–H and O–H groups in total. The summed E-state index contributed by atoms with van der Waals surface area (Å²) in [5.74, 6) is 5.78. The number of nitrogens with one attached hydrogen (secondary N) is 1. The van der Waals surface area contributed by atoms with E-state index in [1.54, 1.807) is 4.68 Å². The molecule has 1 aliphatic rings. The van der Waals surface area contributed by atoms with E-state index in [0.717, 1.165) is 38.0 Å². The molecule has 1 aliphatic heterocycles. The average molecular weight is 268 g/mol. The molecule has 0 bridgehead atoms. The Labute approximate surface area is 114 Å². The van der Waals surface area contributed by atoms with Crippen molar-refractivity contribution in [2.24, 2.45) is 12.9 Å². The van der Waals surface area contributed by atoms with Crippen molar-refractivity contribution in [2.75, 3.05) is 19.8 Å². The Kier molecular flexibility index (Phi) is 4.93. The highest BCUT2D eigenvalue weighted by molar-refractivity contribution is 5.09. The van der Waals surface area contributed by atoms with Gasteiger partial charge in [-0.05, 0) is 18.9 Å². The molecule has 0 spiro atoms. The second-order valence-electron chi connectivity index (χ2n) is 5.06. The Balaban J connectivity index is 2.12. The lowest BCUT2D eigenvalue weighted by molar-refractivity contribution is -0.126. The van der Waals surface area contributed by atoms with Gasteiger partial charge in [0.15, 0.2) is 0 Å². The van der Waals surface area contributed by atoms with Gasteiger partial charge in [0.05, 0.1) is 17.8 Å². The number of ether oxygens (including phenoxy) is 2. The summed E-state index contributed by atoms with van der Waals surface area (Å²) in [6.45, 7) is 4.16. The van der Waals surface area contributed by atoms with Gasteiger partial charge < -0.3 is 9.47 Å². The van der Waals surface area contributed by atoms with E-state index in [2.05, 4.69) is 10.5 Å². The van der Waals surface area contributed by atoms with Crippen LogP contribution < -0.4 is 11.3 Å². The van der Waals surface area contributed by atoms with Crippen LogP contribution in [0.25, 0.3) is 0 Å². The van der Waals surface area contributed by atoms with Gasteiger partial charge in [0.1, 0.15) is 0 Å². The highest BCUT2D eigenvalue weighted by Crippen LogP contribution is 2.30. The molecule has 1 unspecified atom stereocenters. The Morgan fingerprint density at radius 3 is 2.84 bits per heavy atom. The summed E-state index contributed by atoms with van der Waals surface area (Å²) in [5, 5.41) is 4.20. The van der Waals surface area contributed by atoms with Gasteiger partial charge in [-0.15, -0.1) is 0 Å². The molecule has 19 heavy (non-hydrogen) atoms. The Bertz CT molecular complexity index is 382. The molecular weight excluding hydrogens is 244 g/mol. The van der Waals surface area contributed by atoms with Crippen molar-refractivity contribution in [1.82, 2.24) is 15.2 Å². The van der Waals surface area contributed by atoms with Gasteiger partial charge in [-0.2, -0.15) is 5.10 Å². The van der Waals surface area contributed by atoms with Crippen LogP contribution in [0.3, 0.4) is 0 Å². The fraction of sp³-hybridized carbons (Fsp3) is 0.769. The van der Waals surface area contributed by atoms with Gasteiger partial charge in [-0.3, -0.25) is 16.0 Å². The Morgan fingerprint density at radius 2 is 2.32 bits per heavy atom. The first-order chi connectivity index (χ1) is 9.20. The molecule has 0 amide bonds. The van der Waals surface area contributed by atoms with Crippen LogP contribution in [0.5, 0.6) is 0 Å². The first-order valence-electron chi connectivity index (χ1n) is 6.85. The minimum absolute atomic E-state index is 0.0700. The van der Waals surface area contributed by atoms with Crippen LogP contribution in [0, 0.1) is 0 Å². The van der Waals surface area contributed by atoms with E-state index >= 15 is 0 Å². The Morgan fingerprint density at radius 1 is 1.58 bits per heavy atom. The number of aryl methyl sites for hydroxylation is 1. The normalized spacial score (nSPS) is 20.4. The molecule has 6 nitrogen and oxygen atoms in total. The van der Waals surface area contributed by atoms with E-state index in [1.165, 1.54) is 0 Å². The molecule has 0 saturated carbocycles. The monoisotopic (exact) mass is 268 g/mol. The number of hydrogen-bond donors (Lipinski definition) is 2. The van der Waals surface area contributed by atoms with Crippen LogP contribution in [0.4, 0.5) is 0 Å². The van der Waals surface area contributed by atoms with Crippen molar-refractivity contribution in [1.29, 1.82) is 0 Å². The maximum absolute atomic E-state index is 6.05. The summed E-state index contributed by atoms with van der Waals surface area (Å²) in [6.07, 6.45) is 6.45. The zero-order valence-corrected chi connectivity index (χ0v) is 11.8. The molecule has 0 aromatic carbocycles. The van der Waals surface area contributed by atoms with Gasteiger partial charge in [-0.25, -0.2) is 0 Å². The Hall–Kier alpha value is -0.950. The van der Waals surface area contributed by atoms with Gasteiger partial charge in [0.25, 0.3) is 0 Å². The van der Waals surface area contributed by atoms with E-state index in [9.17, 15) is 0 Å². The fourth-order valence-corrected chi connectivity index (χ4v) is 2.81. The first kappa shape index (κ1) is 14.5. The maximum atomic E-state index is 6.05. The van der Waals surface area contributed by atoms with Crippen LogP contribution >= 0.6 is 0 Å². The molecule has 1 aromatic rings. The molecule has 2 heterocycles. The summed E-state index contributed by atoms with van der Waals surface area (Å²) in [5.41, 5.74) is 3.86. The molecule has 1 atom stereocenters. The minimum atomic E-state index is -0.239.